The Kier molecular flexibility index (Phi) is 5.34. The molecule has 0 bridgehead atoms. The maximum absolute atomic E-state index is 12.5. The van der Waals surface area contributed by atoms with Crippen LogP contribution in [0.5, 0.6) is 0 Å². The molecule has 18 heavy (non-hydrogen) atoms. The normalized spacial score (nSPS) is 18.2. The van der Waals surface area contributed by atoms with Gasteiger partial charge in [-0.1, -0.05) is 13.8 Å². The number of sulfone groups is 1. The van der Waals surface area contributed by atoms with E-state index >= 15 is 0 Å². The fourth-order valence-corrected chi connectivity index (χ4v) is 3.48. The van der Waals surface area contributed by atoms with Crippen LogP contribution in [0.3, 0.4) is 0 Å². The van der Waals surface area contributed by atoms with Crippen molar-refractivity contribution in [3.05, 3.63) is 0 Å². The van der Waals surface area contributed by atoms with Crippen LogP contribution in [0.25, 0.3) is 0 Å². The van der Waals surface area contributed by atoms with Gasteiger partial charge in [-0.3, -0.25) is 9.69 Å². The van der Waals surface area contributed by atoms with Gasteiger partial charge in [-0.25, -0.2) is 8.42 Å². The summed E-state index contributed by atoms with van der Waals surface area (Å²) in [6.45, 7) is 5.99. The summed E-state index contributed by atoms with van der Waals surface area (Å²) in [4.78, 5) is 14.7. The maximum atomic E-state index is 12.5. The van der Waals surface area contributed by atoms with Crippen LogP contribution in [-0.4, -0.2) is 49.7 Å². The molecule has 1 heterocycles. The summed E-state index contributed by atoms with van der Waals surface area (Å²) in [5.41, 5.74) is -0.429. The largest absolute Gasteiger partial charge is 0.298 e. The van der Waals surface area contributed by atoms with E-state index in [1.54, 1.807) is 0 Å². The van der Waals surface area contributed by atoms with Crippen molar-refractivity contribution in [3.8, 4) is 0 Å². The molecular weight excluding hydrogens is 250 g/mol. The van der Waals surface area contributed by atoms with E-state index < -0.39 is 15.4 Å². The lowest BCUT2D eigenvalue weighted by atomic mass is 9.85. The molecule has 0 unspecified atom stereocenters. The van der Waals surface area contributed by atoms with Gasteiger partial charge >= 0.3 is 0 Å². The Hall–Kier alpha value is -0.420. The molecule has 1 rings (SSSR count). The summed E-state index contributed by atoms with van der Waals surface area (Å²) in [6.07, 6.45) is 5.16. The highest BCUT2D eigenvalue weighted by Crippen LogP contribution is 2.30. The molecular formula is C13H25NO3S. The second-order valence-electron chi connectivity index (χ2n) is 5.24. The fraction of sp³-hybridized carbons (Fsp3) is 0.923. The van der Waals surface area contributed by atoms with E-state index in [9.17, 15) is 13.2 Å². The van der Waals surface area contributed by atoms with E-state index in [4.69, 9.17) is 0 Å². The van der Waals surface area contributed by atoms with Crippen LogP contribution in [0.15, 0.2) is 0 Å². The molecule has 5 heteroatoms. The van der Waals surface area contributed by atoms with Crippen LogP contribution in [0.1, 0.15) is 46.0 Å². The predicted octanol–water partition coefficient (Wildman–Crippen LogP) is 1.64. The van der Waals surface area contributed by atoms with Crippen LogP contribution in [0.2, 0.25) is 0 Å². The smallest absolute Gasteiger partial charge is 0.154 e. The number of hydrogen-bond donors (Lipinski definition) is 0. The fourth-order valence-electron chi connectivity index (χ4n) is 2.92. The quantitative estimate of drug-likeness (QED) is 0.709. The lowest BCUT2D eigenvalue weighted by Crippen LogP contribution is -2.53. The Morgan fingerprint density at radius 1 is 1.17 bits per heavy atom. The van der Waals surface area contributed by atoms with Crippen molar-refractivity contribution >= 4 is 15.6 Å². The van der Waals surface area contributed by atoms with Crippen LogP contribution in [0, 0.1) is 0 Å². The van der Waals surface area contributed by atoms with Crippen molar-refractivity contribution in [2.75, 3.05) is 25.1 Å². The lowest BCUT2D eigenvalue weighted by molar-refractivity contribution is -0.131. The number of hydrogen-bond acceptors (Lipinski definition) is 4. The van der Waals surface area contributed by atoms with Gasteiger partial charge in [0, 0.05) is 12.7 Å². The van der Waals surface area contributed by atoms with Gasteiger partial charge in [-0.15, -0.1) is 0 Å². The summed E-state index contributed by atoms with van der Waals surface area (Å²) in [6, 6.07) is 0. The number of ketones is 1. The average molecular weight is 275 g/mol. The standard InChI is InChI=1S/C13H25NO3S/c1-4-13(5-2,14-9-6-7-10-14)12(15)8-11-18(3,16)17/h4-11H2,1-3H3. The third-order valence-electron chi connectivity index (χ3n) is 4.10. The molecule has 0 aromatic rings. The number of nitrogens with zero attached hydrogens (tertiary/aromatic N) is 1. The zero-order chi connectivity index (χ0) is 13.8. The van der Waals surface area contributed by atoms with Gasteiger partial charge in [-0.2, -0.15) is 0 Å². The first-order valence-corrected chi connectivity index (χ1v) is 8.88. The van der Waals surface area contributed by atoms with E-state index in [1.165, 1.54) is 6.26 Å². The zero-order valence-corrected chi connectivity index (χ0v) is 12.6. The minimum absolute atomic E-state index is 0.0264. The second kappa shape index (κ2) is 6.15. The van der Waals surface area contributed by atoms with E-state index in [-0.39, 0.29) is 18.0 Å². The zero-order valence-electron chi connectivity index (χ0n) is 11.7. The summed E-state index contributed by atoms with van der Waals surface area (Å²) in [7, 11) is -3.06. The van der Waals surface area contributed by atoms with Gasteiger partial charge in [0.1, 0.15) is 9.84 Å². The minimum Gasteiger partial charge on any atom is -0.298 e. The third-order valence-corrected chi connectivity index (χ3v) is 5.05. The van der Waals surface area contributed by atoms with Gasteiger partial charge in [0.2, 0.25) is 0 Å². The molecule has 0 aliphatic carbocycles. The maximum Gasteiger partial charge on any atom is 0.154 e. The second-order valence-corrected chi connectivity index (χ2v) is 7.50. The highest BCUT2D eigenvalue weighted by atomic mass is 32.2. The summed E-state index contributed by atoms with van der Waals surface area (Å²) >= 11 is 0. The number of carbonyl (C=O) groups is 1. The molecule has 0 aromatic carbocycles. The van der Waals surface area contributed by atoms with Crippen molar-refractivity contribution in [3.63, 3.8) is 0 Å². The molecule has 1 aliphatic heterocycles. The van der Waals surface area contributed by atoms with Crippen molar-refractivity contribution in [1.82, 2.24) is 4.90 Å². The number of rotatable bonds is 7. The molecule has 4 nitrogen and oxygen atoms in total. The minimum atomic E-state index is -3.06. The molecule has 1 aliphatic rings. The lowest BCUT2D eigenvalue weighted by Gasteiger charge is -2.39. The van der Waals surface area contributed by atoms with Gasteiger partial charge in [0.05, 0.1) is 11.3 Å². The van der Waals surface area contributed by atoms with Gasteiger partial charge in [0.25, 0.3) is 0 Å². The third kappa shape index (κ3) is 3.54. The van der Waals surface area contributed by atoms with Crippen LogP contribution in [0.4, 0.5) is 0 Å². The van der Waals surface area contributed by atoms with Crippen LogP contribution >= 0.6 is 0 Å². The summed E-state index contributed by atoms with van der Waals surface area (Å²) in [5, 5.41) is 0. The van der Waals surface area contributed by atoms with Crippen molar-refractivity contribution in [1.29, 1.82) is 0 Å². The van der Waals surface area contributed by atoms with E-state index in [0.29, 0.717) is 0 Å². The van der Waals surface area contributed by atoms with Crippen molar-refractivity contribution in [2.45, 2.75) is 51.5 Å². The van der Waals surface area contributed by atoms with Crippen LogP contribution in [-0.2, 0) is 14.6 Å². The van der Waals surface area contributed by atoms with Crippen molar-refractivity contribution < 1.29 is 13.2 Å². The van der Waals surface area contributed by atoms with Crippen LogP contribution < -0.4 is 0 Å². The first-order valence-electron chi connectivity index (χ1n) is 6.82. The molecule has 0 aromatic heterocycles. The monoisotopic (exact) mass is 275 g/mol. The first kappa shape index (κ1) is 15.6. The summed E-state index contributed by atoms with van der Waals surface area (Å²) in [5.74, 6) is 0.0707. The molecule has 0 amide bonds. The molecule has 0 atom stereocenters. The van der Waals surface area contributed by atoms with Gasteiger partial charge in [-0.05, 0) is 38.8 Å². The first-order chi connectivity index (χ1) is 8.35. The molecule has 1 fully saturated rings. The number of likely N-dealkylation sites (tertiary alicyclic amines) is 1. The van der Waals surface area contributed by atoms with E-state index in [0.717, 1.165) is 38.8 Å². The highest BCUT2D eigenvalue weighted by molar-refractivity contribution is 7.90. The Morgan fingerprint density at radius 3 is 2.06 bits per heavy atom. The topological polar surface area (TPSA) is 54.5 Å². The number of carbonyl (C=O) groups excluding carboxylic acids is 1. The Bertz CT molecular complexity index is 379. The molecule has 1 saturated heterocycles. The average Bonchev–Trinajstić information content (AvgIpc) is 2.82. The van der Waals surface area contributed by atoms with Crippen molar-refractivity contribution in [2.24, 2.45) is 0 Å². The van der Waals surface area contributed by atoms with E-state index in [1.807, 2.05) is 13.8 Å². The molecule has 0 spiro atoms. The predicted molar refractivity (Wildman–Crippen MR) is 73.5 cm³/mol. The molecule has 0 N–H and O–H groups in total. The Balaban J connectivity index is 2.79. The Morgan fingerprint density at radius 2 is 1.67 bits per heavy atom. The van der Waals surface area contributed by atoms with Gasteiger partial charge in [0.15, 0.2) is 5.78 Å². The highest BCUT2D eigenvalue weighted by Gasteiger charge is 2.41. The summed E-state index contributed by atoms with van der Waals surface area (Å²) < 4.78 is 22.4. The SMILES string of the molecule is CCC(CC)(C(=O)CCS(C)(=O)=O)N1CCCC1. The Labute approximate surface area is 111 Å². The van der Waals surface area contributed by atoms with E-state index in [2.05, 4.69) is 4.90 Å². The molecule has 106 valence electrons. The van der Waals surface area contributed by atoms with Gasteiger partial charge < -0.3 is 0 Å². The number of Topliss-reactive ketones (excluding diaryl/α,β-unsaturated/α-hetero) is 1. The molecule has 0 radical (unpaired) electrons. The molecule has 0 saturated carbocycles.